The van der Waals surface area contributed by atoms with Crippen LogP contribution in [0, 0.1) is 0 Å². The fourth-order valence-electron chi connectivity index (χ4n) is 1.71. The Hall–Kier alpha value is -1.61. The summed E-state index contributed by atoms with van der Waals surface area (Å²) >= 11 is 0. The standard InChI is InChI=1S/C13H17N3/c1-11(13-3-6-14-7-4-13)15-9-12-5-8-16(2)10-12/h3-8,10-11,15H,9H2,1-2H3/t11-/m0/s1. The Bertz CT molecular complexity index is 433. The van der Waals surface area contributed by atoms with Gasteiger partial charge in [-0.05, 0) is 36.2 Å². The van der Waals surface area contributed by atoms with Gasteiger partial charge in [0.1, 0.15) is 0 Å². The normalized spacial score (nSPS) is 12.6. The van der Waals surface area contributed by atoms with Crippen molar-refractivity contribution in [3.8, 4) is 0 Å². The van der Waals surface area contributed by atoms with Crippen LogP contribution in [0.1, 0.15) is 24.1 Å². The minimum Gasteiger partial charge on any atom is -0.357 e. The second kappa shape index (κ2) is 4.94. The molecule has 3 heteroatoms. The highest BCUT2D eigenvalue weighted by Crippen LogP contribution is 2.11. The first-order valence-corrected chi connectivity index (χ1v) is 5.50. The van der Waals surface area contributed by atoms with Crippen LogP contribution in [-0.4, -0.2) is 9.55 Å². The van der Waals surface area contributed by atoms with Gasteiger partial charge in [0.2, 0.25) is 0 Å². The van der Waals surface area contributed by atoms with Crippen LogP contribution in [0.4, 0.5) is 0 Å². The lowest BCUT2D eigenvalue weighted by molar-refractivity contribution is 0.574. The molecule has 0 radical (unpaired) electrons. The van der Waals surface area contributed by atoms with Crippen LogP contribution in [-0.2, 0) is 13.6 Å². The Morgan fingerprint density at radius 3 is 2.69 bits per heavy atom. The third kappa shape index (κ3) is 2.70. The molecule has 0 aliphatic rings. The van der Waals surface area contributed by atoms with Crippen molar-refractivity contribution < 1.29 is 0 Å². The lowest BCUT2D eigenvalue weighted by atomic mass is 10.1. The third-order valence-electron chi connectivity index (χ3n) is 2.71. The third-order valence-corrected chi connectivity index (χ3v) is 2.71. The SMILES string of the molecule is C[C@H](NCc1ccn(C)c1)c1ccncc1. The smallest absolute Gasteiger partial charge is 0.0296 e. The van der Waals surface area contributed by atoms with Crippen LogP contribution in [0.15, 0.2) is 43.0 Å². The number of aromatic nitrogens is 2. The summed E-state index contributed by atoms with van der Waals surface area (Å²) in [5, 5.41) is 3.49. The number of nitrogens with one attached hydrogen (secondary N) is 1. The average molecular weight is 215 g/mol. The second-order valence-corrected chi connectivity index (χ2v) is 4.07. The zero-order valence-corrected chi connectivity index (χ0v) is 9.72. The Balaban J connectivity index is 1.91. The molecule has 0 saturated carbocycles. The average Bonchev–Trinajstić information content (AvgIpc) is 2.73. The topological polar surface area (TPSA) is 29.9 Å². The molecule has 2 heterocycles. The summed E-state index contributed by atoms with van der Waals surface area (Å²) in [6.07, 6.45) is 7.85. The number of rotatable bonds is 4. The molecule has 0 aliphatic heterocycles. The second-order valence-electron chi connectivity index (χ2n) is 4.07. The molecule has 1 N–H and O–H groups in total. The predicted molar refractivity (Wildman–Crippen MR) is 64.9 cm³/mol. The number of aryl methyl sites for hydroxylation is 1. The summed E-state index contributed by atoms with van der Waals surface area (Å²) in [6, 6.07) is 6.57. The fourth-order valence-corrected chi connectivity index (χ4v) is 1.71. The van der Waals surface area contributed by atoms with E-state index in [0.717, 1.165) is 6.54 Å². The lowest BCUT2D eigenvalue weighted by Gasteiger charge is -2.13. The summed E-state index contributed by atoms with van der Waals surface area (Å²) in [4.78, 5) is 4.02. The number of hydrogen-bond donors (Lipinski definition) is 1. The van der Waals surface area contributed by atoms with E-state index < -0.39 is 0 Å². The lowest BCUT2D eigenvalue weighted by Crippen LogP contribution is -2.17. The van der Waals surface area contributed by atoms with Crippen LogP contribution in [0.2, 0.25) is 0 Å². The molecule has 2 rings (SSSR count). The molecular formula is C13H17N3. The molecule has 0 saturated heterocycles. The van der Waals surface area contributed by atoms with Gasteiger partial charge in [0.25, 0.3) is 0 Å². The van der Waals surface area contributed by atoms with Gasteiger partial charge >= 0.3 is 0 Å². The Labute approximate surface area is 96.1 Å². The van der Waals surface area contributed by atoms with Gasteiger partial charge in [0.15, 0.2) is 0 Å². The molecule has 1 atom stereocenters. The molecule has 0 aromatic carbocycles. The van der Waals surface area contributed by atoms with E-state index in [4.69, 9.17) is 0 Å². The highest BCUT2D eigenvalue weighted by molar-refractivity contribution is 5.15. The van der Waals surface area contributed by atoms with E-state index in [1.165, 1.54) is 11.1 Å². The van der Waals surface area contributed by atoms with Crippen LogP contribution in [0.25, 0.3) is 0 Å². The zero-order chi connectivity index (χ0) is 11.4. The van der Waals surface area contributed by atoms with Crippen molar-refractivity contribution in [2.24, 2.45) is 7.05 Å². The van der Waals surface area contributed by atoms with E-state index in [1.54, 1.807) is 0 Å². The van der Waals surface area contributed by atoms with Crippen molar-refractivity contribution in [2.75, 3.05) is 0 Å². The molecule has 16 heavy (non-hydrogen) atoms. The van der Waals surface area contributed by atoms with Crippen molar-refractivity contribution in [3.63, 3.8) is 0 Å². The highest BCUT2D eigenvalue weighted by Gasteiger charge is 2.04. The minimum atomic E-state index is 0.350. The van der Waals surface area contributed by atoms with E-state index in [2.05, 4.69) is 40.3 Å². The quantitative estimate of drug-likeness (QED) is 0.848. The van der Waals surface area contributed by atoms with Crippen LogP contribution < -0.4 is 5.32 Å². The van der Waals surface area contributed by atoms with Gasteiger partial charge < -0.3 is 9.88 Å². The highest BCUT2D eigenvalue weighted by atomic mass is 14.9. The van der Waals surface area contributed by atoms with Crippen molar-refractivity contribution >= 4 is 0 Å². The van der Waals surface area contributed by atoms with Gasteiger partial charge in [0.05, 0.1) is 0 Å². The molecule has 0 bridgehead atoms. The molecule has 0 amide bonds. The molecule has 0 aliphatic carbocycles. The predicted octanol–water partition coefficient (Wildman–Crippen LogP) is 2.27. The fraction of sp³-hybridized carbons (Fsp3) is 0.308. The first-order chi connectivity index (χ1) is 7.75. The maximum Gasteiger partial charge on any atom is 0.0296 e. The zero-order valence-electron chi connectivity index (χ0n) is 9.72. The van der Waals surface area contributed by atoms with Crippen molar-refractivity contribution in [1.29, 1.82) is 0 Å². The van der Waals surface area contributed by atoms with Gasteiger partial charge in [-0.25, -0.2) is 0 Å². The van der Waals surface area contributed by atoms with E-state index in [-0.39, 0.29) is 0 Å². The number of pyridine rings is 1. The van der Waals surface area contributed by atoms with Gasteiger partial charge in [-0.15, -0.1) is 0 Å². The summed E-state index contributed by atoms with van der Waals surface area (Å²) in [5.41, 5.74) is 2.58. The molecule has 0 fully saturated rings. The first-order valence-electron chi connectivity index (χ1n) is 5.50. The Kier molecular flexibility index (Phi) is 3.37. The molecule has 0 spiro atoms. The molecule has 2 aromatic heterocycles. The molecule has 2 aromatic rings. The van der Waals surface area contributed by atoms with E-state index in [0.29, 0.717) is 6.04 Å². The van der Waals surface area contributed by atoms with Gasteiger partial charge in [-0.1, -0.05) is 0 Å². The van der Waals surface area contributed by atoms with Gasteiger partial charge in [-0.3, -0.25) is 4.98 Å². The summed E-state index contributed by atoms with van der Waals surface area (Å²) in [5.74, 6) is 0. The monoisotopic (exact) mass is 215 g/mol. The maximum absolute atomic E-state index is 4.02. The number of hydrogen-bond acceptors (Lipinski definition) is 2. The van der Waals surface area contributed by atoms with Crippen LogP contribution in [0.3, 0.4) is 0 Å². The Morgan fingerprint density at radius 2 is 2.06 bits per heavy atom. The molecule has 0 unspecified atom stereocenters. The molecular weight excluding hydrogens is 198 g/mol. The maximum atomic E-state index is 4.02. The van der Waals surface area contributed by atoms with Crippen molar-refractivity contribution in [1.82, 2.24) is 14.9 Å². The van der Waals surface area contributed by atoms with Gasteiger partial charge in [-0.2, -0.15) is 0 Å². The Morgan fingerprint density at radius 1 is 1.31 bits per heavy atom. The summed E-state index contributed by atoms with van der Waals surface area (Å²) in [7, 11) is 2.04. The van der Waals surface area contributed by atoms with E-state index in [1.807, 2.05) is 31.6 Å². The summed E-state index contributed by atoms with van der Waals surface area (Å²) < 4.78 is 2.06. The van der Waals surface area contributed by atoms with Crippen molar-refractivity contribution in [3.05, 3.63) is 54.1 Å². The summed E-state index contributed by atoms with van der Waals surface area (Å²) in [6.45, 7) is 3.06. The minimum absolute atomic E-state index is 0.350. The number of nitrogens with zero attached hydrogens (tertiary/aromatic N) is 2. The largest absolute Gasteiger partial charge is 0.357 e. The van der Waals surface area contributed by atoms with Crippen LogP contribution >= 0.6 is 0 Å². The van der Waals surface area contributed by atoms with Crippen LogP contribution in [0.5, 0.6) is 0 Å². The van der Waals surface area contributed by atoms with E-state index >= 15 is 0 Å². The first kappa shape index (κ1) is 10.9. The molecule has 84 valence electrons. The van der Waals surface area contributed by atoms with Crippen molar-refractivity contribution in [2.45, 2.75) is 19.5 Å². The van der Waals surface area contributed by atoms with Gasteiger partial charge in [0, 0.05) is 44.4 Å². The van der Waals surface area contributed by atoms with E-state index in [9.17, 15) is 0 Å². The molecule has 3 nitrogen and oxygen atoms in total.